The molecule has 0 aliphatic heterocycles. The molecule has 1 N–H and O–H groups in total. The Hall–Kier alpha value is -0.197. The van der Waals surface area contributed by atoms with Crippen LogP contribution in [0.1, 0.15) is 30.4 Å². The van der Waals surface area contributed by atoms with E-state index in [4.69, 9.17) is 5.73 Å². The fourth-order valence-electron chi connectivity index (χ4n) is 2.08. The third kappa shape index (κ3) is 1.92. The van der Waals surface area contributed by atoms with Crippen molar-refractivity contribution < 1.29 is 19.5 Å². The fourth-order valence-corrected chi connectivity index (χ4v) is 2.08. The van der Waals surface area contributed by atoms with Crippen molar-refractivity contribution in [3.05, 3.63) is 41.1 Å². The van der Waals surface area contributed by atoms with Crippen molar-refractivity contribution in [3.8, 4) is 0 Å². The van der Waals surface area contributed by atoms with E-state index in [9.17, 15) is 0 Å². The Labute approximate surface area is 98.8 Å². The van der Waals surface area contributed by atoms with Gasteiger partial charge in [0.15, 0.2) is 0 Å². The van der Waals surface area contributed by atoms with Crippen molar-refractivity contribution in [1.29, 1.82) is 0 Å². The predicted molar refractivity (Wildman–Crippen MR) is 55.9 cm³/mol. The molecule has 1 fully saturated rings. The van der Waals surface area contributed by atoms with Crippen LogP contribution in [0.5, 0.6) is 0 Å². The van der Waals surface area contributed by atoms with Crippen LogP contribution in [-0.4, -0.2) is 6.54 Å². The summed E-state index contributed by atoms with van der Waals surface area (Å²) in [7, 11) is 0. The molecule has 0 bridgehead atoms. The van der Waals surface area contributed by atoms with Gasteiger partial charge in [-0.3, -0.25) is 0 Å². The first-order valence-corrected chi connectivity index (χ1v) is 4.99. The molecule has 0 atom stereocenters. The van der Waals surface area contributed by atoms with Crippen LogP contribution in [0, 0.1) is 6.92 Å². The molecule has 1 aromatic rings. The molecule has 1 radical (unpaired) electrons. The number of hydrogen-bond acceptors (Lipinski definition) is 0. The minimum absolute atomic E-state index is 0. The SMILES string of the molecule is Cc1ccc(C2(C[NH-])CCC2)cc1.[Ru+]. The van der Waals surface area contributed by atoms with E-state index in [-0.39, 0.29) is 24.9 Å². The van der Waals surface area contributed by atoms with Crippen molar-refractivity contribution in [3.63, 3.8) is 0 Å². The summed E-state index contributed by atoms with van der Waals surface area (Å²) in [5.74, 6) is 0. The van der Waals surface area contributed by atoms with Crippen LogP contribution in [-0.2, 0) is 24.9 Å². The quantitative estimate of drug-likeness (QED) is 0.738. The van der Waals surface area contributed by atoms with E-state index in [0.29, 0.717) is 6.54 Å². The van der Waals surface area contributed by atoms with Gasteiger partial charge in [-0.25, -0.2) is 0 Å². The minimum atomic E-state index is 0. The van der Waals surface area contributed by atoms with Gasteiger partial charge in [-0.15, -0.1) is 6.54 Å². The first-order valence-electron chi connectivity index (χ1n) is 4.99. The molecule has 0 amide bonds. The Bertz CT molecular complexity index is 282. The van der Waals surface area contributed by atoms with E-state index >= 15 is 0 Å². The molecule has 1 aliphatic carbocycles. The predicted octanol–water partition coefficient (Wildman–Crippen LogP) is 3.47. The van der Waals surface area contributed by atoms with Gasteiger partial charge in [-0.1, -0.05) is 36.2 Å². The summed E-state index contributed by atoms with van der Waals surface area (Å²) in [6.07, 6.45) is 3.71. The molecule has 0 aromatic heterocycles. The topological polar surface area (TPSA) is 23.8 Å². The smallest absolute Gasteiger partial charge is 0.677 e. The summed E-state index contributed by atoms with van der Waals surface area (Å²) >= 11 is 0. The van der Waals surface area contributed by atoms with Crippen LogP contribution in [0.15, 0.2) is 24.3 Å². The largest absolute Gasteiger partial charge is 1.00 e. The number of hydrogen-bond donors (Lipinski definition) is 0. The summed E-state index contributed by atoms with van der Waals surface area (Å²) in [6.45, 7) is 2.66. The molecule has 1 aliphatic rings. The third-order valence-electron chi connectivity index (χ3n) is 3.31. The molecule has 14 heavy (non-hydrogen) atoms. The molecule has 0 heterocycles. The fraction of sp³-hybridized carbons (Fsp3) is 0.500. The van der Waals surface area contributed by atoms with Crippen LogP contribution >= 0.6 is 0 Å². The van der Waals surface area contributed by atoms with Crippen molar-refractivity contribution in [1.82, 2.24) is 0 Å². The van der Waals surface area contributed by atoms with E-state index in [1.807, 2.05) is 0 Å². The van der Waals surface area contributed by atoms with Gasteiger partial charge < -0.3 is 5.73 Å². The maximum absolute atomic E-state index is 7.60. The molecule has 1 nitrogen and oxygen atoms in total. The number of benzene rings is 1. The monoisotopic (exact) mass is 276 g/mol. The molecule has 0 saturated heterocycles. The first kappa shape index (κ1) is 11.9. The molecular formula is C12H16NRu. The zero-order chi connectivity index (χ0) is 9.31. The first-order chi connectivity index (χ1) is 6.27. The average molecular weight is 275 g/mol. The van der Waals surface area contributed by atoms with Crippen molar-refractivity contribution >= 4 is 0 Å². The molecule has 0 spiro atoms. The Kier molecular flexibility index (Phi) is 3.86. The van der Waals surface area contributed by atoms with Crippen LogP contribution in [0.3, 0.4) is 0 Å². The third-order valence-corrected chi connectivity index (χ3v) is 3.31. The normalized spacial score (nSPS) is 18.1. The Morgan fingerprint density at radius 2 is 1.79 bits per heavy atom. The molecule has 1 saturated carbocycles. The molecular weight excluding hydrogens is 259 g/mol. The number of aryl methyl sites for hydroxylation is 1. The second-order valence-corrected chi connectivity index (χ2v) is 4.18. The van der Waals surface area contributed by atoms with Gasteiger partial charge >= 0.3 is 19.5 Å². The summed E-state index contributed by atoms with van der Waals surface area (Å²) in [4.78, 5) is 0. The molecule has 1 aromatic carbocycles. The molecule has 77 valence electrons. The molecule has 0 unspecified atom stereocenters. The van der Waals surface area contributed by atoms with E-state index in [2.05, 4.69) is 31.2 Å². The average Bonchev–Trinajstić information content (AvgIpc) is 2.07. The second-order valence-electron chi connectivity index (χ2n) is 4.18. The van der Waals surface area contributed by atoms with Crippen molar-refractivity contribution in [2.24, 2.45) is 0 Å². The molecule has 2 heteroatoms. The summed E-state index contributed by atoms with van der Waals surface area (Å²) < 4.78 is 0. The van der Waals surface area contributed by atoms with Gasteiger partial charge in [0.25, 0.3) is 0 Å². The minimum Gasteiger partial charge on any atom is -0.677 e. The zero-order valence-corrected chi connectivity index (χ0v) is 10.2. The van der Waals surface area contributed by atoms with Crippen molar-refractivity contribution in [2.45, 2.75) is 31.6 Å². The van der Waals surface area contributed by atoms with Crippen molar-refractivity contribution in [2.75, 3.05) is 6.54 Å². The van der Waals surface area contributed by atoms with Gasteiger partial charge in [0.2, 0.25) is 0 Å². The van der Waals surface area contributed by atoms with Gasteiger partial charge in [-0.2, -0.15) is 0 Å². The van der Waals surface area contributed by atoms with Gasteiger partial charge in [0.05, 0.1) is 0 Å². The maximum Gasteiger partial charge on any atom is 1.00 e. The Balaban J connectivity index is 0.000000980. The Morgan fingerprint density at radius 1 is 1.21 bits per heavy atom. The maximum atomic E-state index is 7.60. The van der Waals surface area contributed by atoms with E-state index in [1.54, 1.807) is 0 Å². The van der Waals surface area contributed by atoms with E-state index < -0.39 is 0 Å². The van der Waals surface area contributed by atoms with Gasteiger partial charge in [-0.05, 0) is 30.7 Å². The van der Waals surface area contributed by atoms with E-state index in [1.165, 1.54) is 30.4 Å². The molecule has 2 rings (SSSR count). The van der Waals surface area contributed by atoms with E-state index in [0.717, 1.165) is 0 Å². The van der Waals surface area contributed by atoms with Crippen LogP contribution in [0.25, 0.3) is 5.73 Å². The standard InChI is InChI=1S/C12H16N.Ru/c1-10-3-5-11(6-4-10)12(9-13)7-2-8-12;/h3-6,13H,2,7-9H2,1H3;/q-1;+1. The summed E-state index contributed by atoms with van der Waals surface area (Å²) in [5, 5.41) is 0. The number of rotatable bonds is 2. The summed E-state index contributed by atoms with van der Waals surface area (Å²) in [5.41, 5.74) is 10.5. The number of nitrogens with one attached hydrogen (secondary N) is 1. The van der Waals surface area contributed by atoms with Gasteiger partial charge in [0.1, 0.15) is 0 Å². The van der Waals surface area contributed by atoms with Crippen LogP contribution in [0.4, 0.5) is 0 Å². The zero-order valence-electron chi connectivity index (χ0n) is 8.49. The summed E-state index contributed by atoms with van der Waals surface area (Å²) in [6, 6.07) is 8.71. The Morgan fingerprint density at radius 3 is 2.14 bits per heavy atom. The second kappa shape index (κ2) is 4.55. The van der Waals surface area contributed by atoms with Gasteiger partial charge in [0, 0.05) is 0 Å². The van der Waals surface area contributed by atoms with Crippen LogP contribution in [0.2, 0.25) is 0 Å². The van der Waals surface area contributed by atoms with Crippen LogP contribution < -0.4 is 0 Å².